The standard InChI is InChI=1S/C11H12N2O6S/c1-7-2-3-9(13(16)17)4-10(7)20(18,19)12-5-8(6-12)11(14)15/h2-4,8H,5-6H2,1H3,(H,14,15). The molecule has 8 nitrogen and oxygen atoms in total. The van der Waals surface area contributed by atoms with Gasteiger partial charge < -0.3 is 5.11 Å². The van der Waals surface area contributed by atoms with Gasteiger partial charge in [0, 0.05) is 25.2 Å². The van der Waals surface area contributed by atoms with Crippen LogP contribution in [0, 0.1) is 23.0 Å². The van der Waals surface area contributed by atoms with Crippen LogP contribution in [-0.4, -0.2) is 41.8 Å². The van der Waals surface area contributed by atoms with Gasteiger partial charge in [0.2, 0.25) is 10.0 Å². The maximum Gasteiger partial charge on any atom is 0.309 e. The van der Waals surface area contributed by atoms with Crippen LogP contribution in [0.1, 0.15) is 5.56 Å². The minimum absolute atomic E-state index is 0.111. The summed E-state index contributed by atoms with van der Waals surface area (Å²) in [6, 6.07) is 3.59. The lowest BCUT2D eigenvalue weighted by atomic mass is 10.0. The Bertz CT molecular complexity index is 678. The fourth-order valence-electron chi connectivity index (χ4n) is 1.91. The number of benzene rings is 1. The highest BCUT2D eigenvalue weighted by Crippen LogP contribution is 2.29. The van der Waals surface area contributed by atoms with Gasteiger partial charge in [-0.2, -0.15) is 4.31 Å². The maximum absolute atomic E-state index is 12.3. The number of rotatable bonds is 4. The van der Waals surface area contributed by atoms with Crippen molar-refractivity contribution in [1.29, 1.82) is 0 Å². The predicted molar refractivity (Wildman–Crippen MR) is 67.7 cm³/mol. The van der Waals surface area contributed by atoms with E-state index < -0.39 is 26.8 Å². The molecule has 0 aromatic heterocycles. The Kier molecular flexibility index (Phi) is 3.48. The molecular formula is C11H12N2O6S. The van der Waals surface area contributed by atoms with Crippen LogP contribution in [0.4, 0.5) is 5.69 Å². The van der Waals surface area contributed by atoms with Crippen LogP contribution in [0.15, 0.2) is 23.1 Å². The first-order valence-electron chi connectivity index (χ1n) is 5.71. The van der Waals surface area contributed by atoms with Gasteiger partial charge in [0.05, 0.1) is 15.7 Å². The molecule has 1 fully saturated rings. The van der Waals surface area contributed by atoms with Crippen LogP contribution in [-0.2, 0) is 14.8 Å². The summed E-state index contributed by atoms with van der Waals surface area (Å²) in [5, 5.41) is 19.5. The summed E-state index contributed by atoms with van der Waals surface area (Å²) < 4.78 is 25.6. The zero-order valence-electron chi connectivity index (χ0n) is 10.5. The number of nitrogens with zero attached hydrogens (tertiary/aromatic N) is 2. The quantitative estimate of drug-likeness (QED) is 0.643. The van der Waals surface area contributed by atoms with E-state index in [2.05, 4.69) is 0 Å². The van der Waals surface area contributed by atoms with Crippen LogP contribution < -0.4 is 0 Å². The first-order valence-corrected chi connectivity index (χ1v) is 7.15. The van der Waals surface area contributed by atoms with Gasteiger partial charge in [-0.1, -0.05) is 6.07 Å². The summed E-state index contributed by atoms with van der Waals surface area (Å²) in [6.45, 7) is 1.31. The third kappa shape index (κ3) is 2.37. The Morgan fingerprint density at radius 3 is 2.55 bits per heavy atom. The molecule has 1 aliphatic heterocycles. The Hall–Kier alpha value is -2.00. The van der Waals surface area contributed by atoms with E-state index in [1.807, 2.05) is 0 Å². The summed E-state index contributed by atoms with van der Waals surface area (Å²) in [7, 11) is -3.89. The summed E-state index contributed by atoms with van der Waals surface area (Å²) in [6.07, 6.45) is 0. The number of non-ortho nitro benzene ring substituents is 1. The molecule has 9 heteroatoms. The number of sulfonamides is 1. The van der Waals surface area contributed by atoms with Gasteiger partial charge in [0.1, 0.15) is 0 Å². The Morgan fingerprint density at radius 2 is 2.05 bits per heavy atom. The second-order valence-electron chi connectivity index (χ2n) is 4.56. The van der Waals surface area contributed by atoms with Crippen molar-refractivity contribution in [3.8, 4) is 0 Å². The highest BCUT2D eigenvalue weighted by Gasteiger charge is 2.41. The lowest BCUT2D eigenvalue weighted by Gasteiger charge is -2.35. The van der Waals surface area contributed by atoms with E-state index >= 15 is 0 Å². The number of aryl methyl sites for hydroxylation is 1. The zero-order chi connectivity index (χ0) is 15.1. The van der Waals surface area contributed by atoms with E-state index in [9.17, 15) is 23.3 Å². The number of aliphatic carboxylic acids is 1. The van der Waals surface area contributed by atoms with Crippen LogP contribution in [0.2, 0.25) is 0 Å². The van der Waals surface area contributed by atoms with Crippen molar-refractivity contribution < 1.29 is 23.2 Å². The highest BCUT2D eigenvalue weighted by molar-refractivity contribution is 7.89. The number of nitro groups is 1. The summed E-state index contributed by atoms with van der Waals surface area (Å²) >= 11 is 0. The van der Waals surface area contributed by atoms with E-state index in [1.165, 1.54) is 19.1 Å². The molecule has 108 valence electrons. The molecule has 1 aromatic rings. The van der Waals surface area contributed by atoms with Crippen molar-refractivity contribution in [1.82, 2.24) is 4.31 Å². The number of hydrogen-bond donors (Lipinski definition) is 1. The average molecular weight is 300 g/mol. The van der Waals surface area contributed by atoms with Crippen LogP contribution in [0.5, 0.6) is 0 Å². The minimum Gasteiger partial charge on any atom is -0.481 e. The molecular weight excluding hydrogens is 288 g/mol. The van der Waals surface area contributed by atoms with Crippen molar-refractivity contribution in [2.45, 2.75) is 11.8 Å². The molecule has 2 rings (SSSR count). The smallest absolute Gasteiger partial charge is 0.309 e. The van der Waals surface area contributed by atoms with Gasteiger partial charge in [-0.25, -0.2) is 8.42 Å². The zero-order valence-corrected chi connectivity index (χ0v) is 11.3. The number of hydrogen-bond acceptors (Lipinski definition) is 5. The Balaban J connectivity index is 2.33. The molecule has 0 amide bonds. The average Bonchev–Trinajstić information content (AvgIpc) is 2.25. The van der Waals surface area contributed by atoms with E-state index in [0.717, 1.165) is 10.4 Å². The van der Waals surface area contributed by atoms with Gasteiger partial charge in [-0.05, 0) is 12.5 Å². The van der Waals surface area contributed by atoms with Crippen molar-refractivity contribution in [3.05, 3.63) is 33.9 Å². The molecule has 0 saturated carbocycles. The van der Waals surface area contributed by atoms with E-state index in [1.54, 1.807) is 0 Å². The van der Waals surface area contributed by atoms with Crippen LogP contribution in [0.3, 0.4) is 0 Å². The monoisotopic (exact) mass is 300 g/mol. The largest absolute Gasteiger partial charge is 0.481 e. The lowest BCUT2D eigenvalue weighted by molar-refractivity contribution is -0.385. The molecule has 1 N–H and O–H groups in total. The second-order valence-corrected chi connectivity index (χ2v) is 6.47. The third-order valence-corrected chi connectivity index (χ3v) is 5.17. The van der Waals surface area contributed by atoms with E-state index in [0.29, 0.717) is 5.56 Å². The van der Waals surface area contributed by atoms with Crippen molar-refractivity contribution in [3.63, 3.8) is 0 Å². The van der Waals surface area contributed by atoms with Crippen LogP contribution in [0.25, 0.3) is 0 Å². The highest BCUT2D eigenvalue weighted by atomic mass is 32.2. The maximum atomic E-state index is 12.3. The summed E-state index contributed by atoms with van der Waals surface area (Å²) in [5.74, 6) is -1.77. The molecule has 1 saturated heterocycles. The molecule has 0 aliphatic carbocycles. The molecule has 1 aliphatic rings. The topological polar surface area (TPSA) is 118 Å². The van der Waals surface area contributed by atoms with E-state index in [-0.39, 0.29) is 23.7 Å². The summed E-state index contributed by atoms with van der Waals surface area (Å²) in [5.41, 5.74) is 0.0684. The van der Waals surface area contributed by atoms with Gasteiger partial charge in [0.25, 0.3) is 5.69 Å². The number of carboxylic acids is 1. The molecule has 0 radical (unpaired) electrons. The molecule has 0 bridgehead atoms. The van der Waals surface area contributed by atoms with Crippen LogP contribution >= 0.6 is 0 Å². The first-order chi connectivity index (χ1) is 9.23. The number of carbonyl (C=O) groups is 1. The molecule has 0 atom stereocenters. The Labute approximate surface area is 114 Å². The molecule has 1 heterocycles. The Morgan fingerprint density at radius 1 is 1.45 bits per heavy atom. The lowest BCUT2D eigenvalue weighted by Crippen LogP contribution is -2.52. The number of carboxylic acid groups (broad SMARTS) is 1. The number of nitro benzene ring substituents is 1. The SMILES string of the molecule is Cc1ccc([N+](=O)[O-])cc1S(=O)(=O)N1CC(C(=O)O)C1. The first kappa shape index (κ1) is 14.4. The van der Waals surface area contributed by atoms with Gasteiger partial charge >= 0.3 is 5.97 Å². The van der Waals surface area contributed by atoms with Crippen molar-refractivity contribution >= 4 is 21.7 Å². The van der Waals surface area contributed by atoms with Gasteiger partial charge in [-0.15, -0.1) is 0 Å². The normalized spacial score (nSPS) is 16.6. The second kappa shape index (κ2) is 4.84. The predicted octanol–water partition coefficient (Wildman–Crippen LogP) is 0.608. The molecule has 20 heavy (non-hydrogen) atoms. The molecule has 1 aromatic carbocycles. The third-order valence-electron chi connectivity index (χ3n) is 3.20. The van der Waals surface area contributed by atoms with Gasteiger partial charge in [0.15, 0.2) is 0 Å². The summed E-state index contributed by atoms with van der Waals surface area (Å²) in [4.78, 5) is 20.6. The fraction of sp³-hybridized carbons (Fsp3) is 0.364. The minimum atomic E-state index is -3.89. The molecule has 0 spiro atoms. The fourth-order valence-corrected chi connectivity index (χ4v) is 3.69. The van der Waals surface area contributed by atoms with Crippen molar-refractivity contribution in [2.75, 3.05) is 13.1 Å². The van der Waals surface area contributed by atoms with Crippen molar-refractivity contribution in [2.24, 2.45) is 5.92 Å². The van der Waals surface area contributed by atoms with E-state index in [4.69, 9.17) is 5.11 Å². The molecule has 0 unspecified atom stereocenters. The van der Waals surface area contributed by atoms with Gasteiger partial charge in [-0.3, -0.25) is 14.9 Å².